The standard InChI is InChI=1S/C20H24N4O6S/c1-12(2)17(24-31(28,29)13-6-4-3-5-7-13)19(26)23-15-10-16-14(22-11-30-16)8-9-21-20(27)18(15)25/h3-7,11-12,15,17,24H,8-10H2,1-2H3,(H,21,27)(H,23,26). The summed E-state index contributed by atoms with van der Waals surface area (Å²) in [7, 11) is -3.98. The summed E-state index contributed by atoms with van der Waals surface area (Å²) < 4.78 is 33.1. The Labute approximate surface area is 179 Å². The molecule has 166 valence electrons. The van der Waals surface area contributed by atoms with E-state index >= 15 is 0 Å². The third-order valence-corrected chi connectivity index (χ3v) is 6.36. The normalized spacial score (nSPS) is 18.4. The maximum atomic E-state index is 13.0. The number of hydrogen-bond donors (Lipinski definition) is 3. The number of nitrogens with one attached hydrogen (secondary N) is 3. The predicted molar refractivity (Wildman–Crippen MR) is 109 cm³/mol. The molecule has 2 heterocycles. The molecule has 2 atom stereocenters. The summed E-state index contributed by atoms with van der Waals surface area (Å²) >= 11 is 0. The molecule has 2 unspecified atom stereocenters. The van der Waals surface area contributed by atoms with Gasteiger partial charge in [0.05, 0.1) is 10.6 Å². The molecule has 1 aromatic heterocycles. The lowest BCUT2D eigenvalue weighted by atomic mass is 10.0. The summed E-state index contributed by atoms with van der Waals surface area (Å²) in [5, 5.41) is 5.00. The van der Waals surface area contributed by atoms with Gasteiger partial charge in [0.2, 0.25) is 21.7 Å². The average Bonchev–Trinajstić information content (AvgIpc) is 3.18. The molecule has 0 radical (unpaired) electrons. The van der Waals surface area contributed by atoms with Crippen LogP contribution >= 0.6 is 0 Å². The van der Waals surface area contributed by atoms with Crippen molar-refractivity contribution in [3.05, 3.63) is 48.2 Å². The largest absolute Gasteiger partial charge is 0.448 e. The first-order valence-corrected chi connectivity index (χ1v) is 11.3. The Hall–Kier alpha value is -3.05. The molecule has 2 amide bonds. The van der Waals surface area contributed by atoms with Gasteiger partial charge in [-0.25, -0.2) is 13.4 Å². The molecule has 11 heteroatoms. The van der Waals surface area contributed by atoms with Gasteiger partial charge in [0, 0.05) is 19.4 Å². The molecule has 3 rings (SSSR count). The van der Waals surface area contributed by atoms with Crippen LogP contribution in [0, 0.1) is 5.92 Å². The fourth-order valence-corrected chi connectivity index (χ4v) is 4.55. The zero-order chi connectivity index (χ0) is 22.6. The first kappa shape index (κ1) is 22.6. The second kappa shape index (κ2) is 9.40. The zero-order valence-electron chi connectivity index (χ0n) is 17.1. The third kappa shape index (κ3) is 5.36. The Balaban J connectivity index is 1.82. The highest BCUT2D eigenvalue weighted by atomic mass is 32.2. The number of ketones is 1. The van der Waals surface area contributed by atoms with Crippen LogP contribution in [0.2, 0.25) is 0 Å². The van der Waals surface area contributed by atoms with Crippen LogP contribution in [0.4, 0.5) is 0 Å². The van der Waals surface area contributed by atoms with Gasteiger partial charge < -0.3 is 15.1 Å². The summed E-state index contributed by atoms with van der Waals surface area (Å²) in [5.74, 6) is -2.44. The summed E-state index contributed by atoms with van der Waals surface area (Å²) in [6.07, 6.45) is 1.56. The number of aromatic nitrogens is 1. The summed E-state index contributed by atoms with van der Waals surface area (Å²) in [4.78, 5) is 41.8. The molecule has 0 fully saturated rings. The molecule has 2 aromatic rings. The van der Waals surface area contributed by atoms with Gasteiger partial charge in [-0.1, -0.05) is 32.0 Å². The van der Waals surface area contributed by atoms with Gasteiger partial charge in [-0.15, -0.1) is 0 Å². The van der Waals surface area contributed by atoms with Crippen molar-refractivity contribution in [3.63, 3.8) is 0 Å². The van der Waals surface area contributed by atoms with Gasteiger partial charge in [0.25, 0.3) is 5.91 Å². The number of hydrogen-bond acceptors (Lipinski definition) is 7. The molecule has 10 nitrogen and oxygen atoms in total. The highest BCUT2D eigenvalue weighted by molar-refractivity contribution is 7.89. The van der Waals surface area contributed by atoms with Gasteiger partial charge in [-0.2, -0.15) is 4.72 Å². The molecule has 0 aliphatic carbocycles. The van der Waals surface area contributed by atoms with Crippen LogP contribution < -0.4 is 15.4 Å². The van der Waals surface area contributed by atoms with E-state index in [-0.39, 0.29) is 17.9 Å². The van der Waals surface area contributed by atoms with E-state index in [0.29, 0.717) is 17.9 Å². The maximum Gasteiger partial charge on any atom is 0.289 e. The van der Waals surface area contributed by atoms with Crippen LogP contribution in [0.3, 0.4) is 0 Å². The van der Waals surface area contributed by atoms with Crippen molar-refractivity contribution in [1.29, 1.82) is 0 Å². The Morgan fingerprint density at radius 3 is 2.61 bits per heavy atom. The van der Waals surface area contributed by atoms with E-state index in [9.17, 15) is 22.8 Å². The Morgan fingerprint density at radius 2 is 1.94 bits per heavy atom. The Morgan fingerprint density at radius 1 is 1.23 bits per heavy atom. The van der Waals surface area contributed by atoms with Crippen molar-refractivity contribution in [1.82, 2.24) is 20.3 Å². The van der Waals surface area contributed by atoms with Gasteiger partial charge >= 0.3 is 0 Å². The molecule has 3 N–H and O–H groups in total. The number of benzene rings is 1. The molecule has 1 aliphatic rings. The minimum Gasteiger partial charge on any atom is -0.448 e. The van der Waals surface area contributed by atoms with Crippen molar-refractivity contribution < 1.29 is 27.2 Å². The fraction of sp³-hybridized carbons (Fsp3) is 0.400. The van der Waals surface area contributed by atoms with Crippen molar-refractivity contribution >= 4 is 27.6 Å². The van der Waals surface area contributed by atoms with E-state index in [2.05, 4.69) is 20.3 Å². The second-order valence-electron chi connectivity index (χ2n) is 7.51. The highest BCUT2D eigenvalue weighted by Gasteiger charge is 2.34. The zero-order valence-corrected chi connectivity index (χ0v) is 17.9. The van der Waals surface area contributed by atoms with E-state index in [1.54, 1.807) is 32.0 Å². The van der Waals surface area contributed by atoms with Crippen LogP contribution in [0.1, 0.15) is 25.3 Å². The van der Waals surface area contributed by atoms with Crippen LogP contribution in [-0.4, -0.2) is 49.6 Å². The number of sulfonamides is 1. The van der Waals surface area contributed by atoms with Gasteiger partial charge in [0.15, 0.2) is 6.39 Å². The molecule has 0 spiro atoms. The lowest BCUT2D eigenvalue weighted by molar-refractivity contribution is -0.140. The minimum absolute atomic E-state index is 0.0117. The topological polar surface area (TPSA) is 147 Å². The third-order valence-electron chi connectivity index (χ3n) is 4.90. The monoisotopic (exact) mass is 448 g/mol. The molecule has 1 aromatic carbocycles. The predicted octanol–water partition coefficient (Wildman–Crippen LogP) is -0.0536. The molecule has 0 saturated heterocycles. The maximum absolute atomic E-state index is 13.0. The van der Waals surface area contributed by atoms with E-state index < -0.39 is 45.6 Å². The van der Waals surface area contributed by atoms with Crippen molar-refractivity contribution in [2.75, 3.05) is 6.54 Å². The molecule has 0 bridgehead atoms. The van der Waals surface area contributed by atoms with Crippen LogP contribution in [0.25, 0.3) is 0 Å². The molecule has 0 saturated carbocycles. The number of nitrogens with zero attached hydrogens (tertiary/aromatic N) is 1. The number of fused-ring (bicyclic) bond motifs is 1. The second-order valence-corrected chi connectivity index (χ2v) is 9.23. The summed E-state index contributed by atoms with van der Waals surface area (Å²) in [5.41, 5.74) is 0.583. The number of amides is 2. The Bertz CT molecular complexity index is 1060. The number of Topliss-reactive ketones (excluding diaryl/α,β-unsaturated/α-hetero) is 1. The van der Waals surface area contributed by atoms with Crippen molar-refractivity contribution in [2.45, 2.75) is 43.7 Å². The fourth-order valence-electron chi connectivity index (χ4n) is 3.19. The number of carbonyl (C=O) groups is 3. The van der Waals surface area contributed by atoms with E-state index in [1.165, 1.54) is 18.5 Å². The number of rotatable bonds is 6. The molecular formula is C20H24N4O6S. The van der Waals surface area contributed by atoms with E-state index in [4.69, 9.17) is 4.42 Å². The van der Waals surface area contributed by atoms with Crippen LogP contribution in [-0.2, 0) is 37.2 Å². The lowest BCUT2D eigenvalue weighted by Crippen LogP contribution is -2.55. The summed E-state index contributed by atoms with van der Waals surface area (Å²) in [6, 6.07) is 5.26. The van der Waals surface area contributed by atoms with Crippen molar-refractivity contribution in [2.24, 2.45) is 5.92 Å². The average molecular weight is 449 g/mol. The number of carbonyl (C=O) groups excluding carboxylic acids is 3. The Kier molecular flexibility index (Phi) is 6.86. The lowest BCUT2D eigenvalue weighted by Gasteiger charge is -2.24. The summed E-state index contributed by atoms with van der Waals surface area (Å²) in [6.45, 7) is 3.55. The smallest absolute Gasteiger partial charge is 0.289 e. The van der Waals surface area contributed by atoms with Crippen molar-refractivity contribution in [3.8, 4) is 0 Å². The molecule has 31 heavy (non-hydrogen) atoms. The van der Waals surface area contributed by atoms with Crippen LogP contribution in [0.15, 0.2) is 46.0 Å². The first-order valence-electron chi connectivity index (χ1n) is 9.80. The first-order chi connectivity index (χ1) is 14.7. The van der Waals surface area contributed by atoms with E-state index in [1.807, 2.05) is 0 Å². The van der Waals surface area contributed by atoms with Gasteiger partial charge in [-0.05, 0) is 18.1 Å². The van der Waals surface area contributed by atoms with Gasteiger partial charge in [0.1, 0.15) is 17.8 Å². The SMILES string of the molecule is CC(C)C(NS(=O)(=O)c1ccccc1)C(=O)NC1Cc2ocnc2CCNC(=O)C1=O. The molecule has 1 aliphatic heterocycles. The quantitative estimate of drug-likeness (QED) is 0.525. The molecular weight excluding hydrogens is 424 g/mol. The highest BCUT2D eigenvalue weighted by Crippen LogP contribution is 2.15. The van der Waals surface area contributed by atoms with E-state index in [0.717, 1.165) is 0 Å². The van der Waals surface area contributed by atoms with Gasteiger partial charge in [-0.3, -0.25) is 14.4 Å². The number of oxazole rings is 1. The van der Waals surface area contributed by atoms with Crippen LogP contribution in [0.5, 0.6) is 0 Å². The minimum atomic E-state index is -3.98.